The summed E-state index contributed by atoms with van der Waals surface area (Å²) in [6, 6.07) is 0. The van der Waals surface area contributed by atoms with Gasteiger partial charge in [0.2, 0.25) is 0 Å². The highest BCUT2D eigenvalue weighted by Crippen LogP contribution is 2.42. The molecule has 2 N–H and O–H groups in total. The molecule has 130 valence electrons. The molecule has 0 fully saturated rings. The molecular weight excluding hydrogens is 430 g/mol. The molecule has 0 aromatic rings. The molecule has 0 radical (unpaired) electrons. The van der Waals surface area contributed by atoms with Crippen LogP contribution < -0.4 is 0 Å². The Morgan fingerprint density at radius 1 is 1.00 bits per heavy atom. The standard InChI is InChI=1S/C16H24IO5P/c17-13-11-9-7-5-3-1-2-4-6-8-10-12-15-21-23(19,20)22-16-14-18/h11,13,18H,1-3,5,7,9,12,14-16H2,(H,19,20). The molecule has 1 atom stereocenters. The molecule has 0 saturated heterocycles. The highest BCUT2D eigenvalue weighted by molar-refractivity contribution is 14.1. The number of halogens is 1. The van der Waals surface area contributed by atoms with E-state index in [-0.39, 0.29) is 19.8 Å². The van der Waals surface area contributed by atoms with E-state index in [0.717, 1.165) is 19.3 Å². The van der Waals surface area contributed by atoms with Gasteiger partial charge in [-0.3, -0.25) is 9.05 Å². The maximum absolute atomic E-state index is 11.2. The molecule has 0 aliphatic carbocycles. The Kier molecular flexibility index (Phi) is 16.3. The highest BCUT2D eigenvalue weighted by atomic mass is 127. The van der Waals surface area contributed by atoms with Crippen LogP contribution in [-0.4, -0.2) is 29.8 Å². The molecular formula is C16H24IO5P. The average Bonchev–Trinajstić information content (AvgIpc) is 2.53. The molecule has 0 amide bonds. The first-order valence-corrected chi connectivity index (χ1v) is 10.3. The molecule has 0 aromatic heterocycles. The number of unbranched alkanes of at least 4 members (excludes halogenated alkanes) is 5. The summed E-state index contributed by atoms with van der Waals surface area (Å²) in [5, 5.41) is 8.47. The summed E-state index contributed by atoms with van der Waals surface area (Å²) in [6.07, 6.45) is 9.18. The summed E-state index contributed by atoms with van der Waals surface area (Å²) in [7, 11) is -4.06. The minimum atomic E-state index is -4.06. The van der Waals surface area contributed by atoms with Crippen molar-refractivity contribution in [3.63, 3.8) is 0 Å². The van der Waals surface area contributed by atoms with E-state index in [1.54, 1.807) is 0 Å². The normalized spacial score (nSPS) is 13.0. The Morgan fingerprint density at radius 2 is 1.65 bits per heavy atom. The molecule has 0 aromatic carbocycles. The minimum absolute atomic E-state index is 0.0143. The molecule has 0 rings (SSSR count). The highest BCUT2D eigenvalue weighted by Gasteiger charge is 2.19. The number of phosphoric ester groups is 1. The fraction of sp³-hybridized carbons (Fsp3) is 0.625. The van der Waals surface area contributed by atoms with Crippen LogP contribution in [-0.2, 0) is 13.6 Å². The second-order valence-electron chi connectivity index (χ2n) is 4.53. The maximum atomic E-state index is 11.2. The van der Waals surface area contributed by atoms with Gasteiger partial charge in [-0.15, -0.1) is 0 Å². The van der Waals surface area contributed by atoms with Gasteiger partial charge in [-0.1, -0.05) is 53.3 Å². The van der Waals surface area contributed by atoms with Crippen molar-refractivity contribution in [3.8, 4) is 23.7 Å². The molecule has 0 heterocycles. The summed E-state index contributed by atoms with van der Waals surface area (Å²) in [6.45, 7) is -0.585. The first kappa shape index (κ1) is 22.7. The second kappa shape index (κ2) is 16.5. The van der Waals surface area contributed by atoms with E-state index in [1.165, 1.54) is 19.3 Å². The van der Waals surface area contributed by atoms with Crippen LogP contribution in [0.3, 0.4) is 0 Å². The molecule has 23 heavy (non-hydrogen) atoms. The predicted molar refractivity (Wildman–Crippen MR) is 99.8 cm³/mol. The Bertz CT molecular complexity index is 484. The number of hydrogen-bond donors (Lipinski definition) is 2. The lowest BCUT2D eigenvalue weighted by Gasteiger charge is -2.09. The molecule has 5 nitrogen and oxygen atoms in total. The third-order valence-corrected chi connectivity index (χ3v) is 4.10. The van der Waals surface area contributed by atoms with Crippen molar-refractivity contribution in [1.82, 2.24) is 0 Å². The maximum Gasteiger partial charge on any atom is 0.472 e. The SMILES string of the molecule is O=P(O)(OCCO)OCCC#CC#CCCCCCCC=CI. The zero-order chi connectivity index (χ0) is 17.2. The molecule has 0 aliphatic heterocycles. The summed E-state index contributed by atoms with van der Waals surface area (Å²) in [5.41, 5.74) is 0. The van der Waals surface area contributed by atoms with Crippen LogP contribution >= 0.6 is 30.4 Å². The molecule has 7 heteroatoms. The monoisotopic (exact) mass is 454 g/mol. The lowest BCUT2D eigenvalue weighted by atomic mass is 10.1. The molecule has 0 bridgehead atoms. The number of phosphoric acid groups is 1. The second-order valence-corrected chi connectivity index (χ2v) is 6.70. The third kappa shape index (κ3) is 17.8. The largest absolute Gasteiger partial charge is 0.472 e. The van der Waals surface area contributed by atoms with E-state index in [2.05, 4.69) is 65.5 Å². The Balaban J connectivity index is 3.57. The number of rotatable bonds is 12. The van der Waals surface area contributed by atoms with Crippen LogP contribution in [0.4, 0.5) is 0 Å². The number of allylic oxidation sites excluding steroid dienone is 1. The number of aliphatic hydroxyl groups is 1. The lowest BCUT2D eigenvalue weighted by Crippen LogP contribution is -2.00. The van der Waals surface area contributed by atoms with Gasteiger partial charge in [-0.2, -0.15) is 0 Å². The quantitative estimate of drug-likeness (QED) is 0.203. The summed E-state index contributed by atoms with van der Waals surface area (Å²) in [4.78, 5) is 9.16. The fourth-order valence-electron chi connectivity index (χ4n) is 1.51. The Hall–Kier alpha value is -0.340. The van der Waals surface area contributed by atoms with Gasteiger partial charge in [0.15, 0.2) is 0 Å². The zero-order valence-corrected chi connectivity index (χ0v) is 16.2. The summed E-state index contributed by atoms with van der Waals surface area (Å²) >= 11 is 2.23. The fourth-order valence-corrected chi connectivity index (χ4v) is 2.58. The van der Waals surface area contributed by atoms with E-state index in [1.807, 2.05) is 0 Å². The smallest absolute Gasteiger partial charge is 0.394 e. The number of hydrogen-bond acceptors (Lipinski definition) is 4. The van der Waals surface area contributed by atoms with Crippen molar-refractivity contribution >= 4 is 30.4 Å². The first-order valence-electron chi connectivity index (χ1n) is 7.56. The van der Waals surface area contributed by atoms with E-state index < -0.39 is 7.82 Å². The van der Waals surface area contributed by atoms with Gasteiger partial charge in [-0.05, 0) is 35.2 Å². The van der Waals surface area contributed by atoms with Crippen LogP contribution in [0, 0.1) is 23.7 Å². The van der Waals surface area contributed by atoms with Crippen LogP contribution in [0.5, 0.6) is 0 Å². The van der Waals surface area contributed by atoms with Crippen LogP contribution in [0.2, 0.25) is 0 Å². The van der Waals surface area contributed by atoms with Crippen LogP contribution in [0.25, 0.3) is 0 Å². The van der Waals surface area contributed by atoms with Gasteiger partial charge < -0.3 is 10.00 Å². The zero-order valence-electron chi connectivity index (χ0n) is 13.2. The third-order valence-electron chi connectivity index (χ3n) is 2.58. The molecule has 0 aliphatic rings. The van der Waals surface area contributed by atoms with E-state index >= 15 is 0 Å². The average molecular weight is 454 g/mol. The van der Waals surface area contributed by atoms with Gasteiger partial charge in [0.25, 0.3) is 0 Å². The van der Waals surface area contributed by atoms with Gasteiger partial charge in [0, 0.05) is 12.8 Å². The van der Waals surface area contributed by atoms with Crippen molar-refractivity contribution in [3.05, 3.63) is 10.2 Å². The first-order chi connectivity index (χ1) is 11.1. The van der Waals surface area contributed by atoms with Crippen molar-refractivity contribution in [1.29, 1.82) is 0 Å². The minimum Gasteiger partial charge on any atom is -0.394 e. The number of aliphatic hydroxyl groups excluding tert-OH is 1. The Morgan fingerprint density at radius 3 is 2.35 bits per heavy atom. The molecule has 1 unspecified atom stereocenters. The van der Waals surface area contributed by atoms with Crippen LogP contribution in [0.1, 0.15) is 44.9 Å². The van der Waals surface area contributed by atoms with E-state index in [0.29, 0.717) is 6.42 Å². The topological polar surface area (TPSA) is 76.0 Å². The molecule has 0 saturated carbocycles. The lowest BCUT2D eigenvalue weighted by molar-refractivity contribution is 0.125. The Labute approximate surface area is 152 Å². The van der Waals surface area contributed by atoms with Crippen molar-refractivity contribution in [2.75, 3.05) is 19.8 Å². The van der Waals surface area contributed by atoms with Crippen molar-refractivity contribution in [2.45, 2.75) is 44.9 Å². The van der Waals surface area contributed by atoms with Crippen molar-refractivity contribution in [2.24, 2.45) is 0 Å². The molecule has 0 spiro atoms. The van der Waals surface area contributed by atoms with E-state index in [4.69, 9.17) is 10.00 Å². The van der Waals surface area contributed by atoms with Gasteiger partial charge >= 0.3 is 7.82 Å². The predicted octanol–water partition coefficient (Wildman–Crippen LogP) is 3.80. The van der Waals surface area contributed by atoms with Gasteiger partial charge in [0.05, 0.1) is 19.8 Å². The summed E-state index contributed by atoms with van der Waals surface area (Å²) < 4.78 is 22.4. The van der Waals surface area contributed by atoms with Gasteiger partial charge in [0.1, 0.15) is 0 Å². The van der Waals surface area contributed by atoms with Crippen LogP contribution in [0.15, 0.2) is 10.2 Å². The van der Waals surface area contributed by atoms with Crippen molar-refractivity contribution < 1.29 is 23.6 Å². The van der Waals surface area contributed by atoms with E-state index in [9.17, 15) is 4.57 Å². The van der Waals surface area contributed by atoms with Gasteiger partial charge in [-0.25, -0.2) is 4.57 Å². The summed E-state index contributed by atoms with van der Waals surface area (Å²) in [5.74, 6) is 11.2.